The van der Waals surface area contributed by atoms with Gasteiger partial charge in [0, 0.05) is 21.8 Å². The van der Waals surface area contributed by atoms with Crippen molar-refractivity contribution in [1.29, 1.82) is 0 Å². The first kappa shape index (κ1) is 18.3. The van der Waals surface area contributed by atoms with Gasteiger partial charge in [0.1, 0.15) is 11.9 Å². The van der Waals surface area contributed by atoms with Crippen molar-refractivity contribution in [2.24, 2.45) is 0 Å². The number of hydrogen-bond acceptors (Lipinski definition) is 3. The summed E-state index contributed by atoms with van der Waals surface area (Å²) in [5.41, 5.74) is 4.24. The molecule has 3 aromatic rings. The smallest absolute Gasteiger partial charge is 0.249 e. The summed E-state index contributed by atoms with van der Waals surface area (Å²) in [6.45, 7) is 3.91. The quantitative estimate of drug-likeness (QED) is 0.693. The van der Waals surface area contributed by atoms with Gasteiger partial charge in [-0.2, -0.15) is 5.10 Å². The summed E-state index contributed by atoms with van der Waals surface area (Å²) >= 11 is 5.99. The second-order valence-corrected chi connectivity index (χ2v) is 7.34. The van der Waals surface area contributed by atoms with Crippen molar-refractivity contribution >= 4 is 34.9 Å². The third-order valence-corrected chi connectivity index (χ3v) is 5.03. The van der Waals surface area contributed by atoms with Crippen molar-refractivity contribution in [3.63, 3.8) is 0 Å². The number of aryl methyl sites for hydroxylation is 1. The zero-order chi connectivity index (χ0) is 19.8. The number of aromatic nitrogens is 2. The van der Waals surface area contributed by atoms with Gasteiger partial charge in [-0.3, -0.25) is 9.59 Å². The van der Waals surface area contributed by atoms with Gasteiger partial charge in [-0.15, -0.1) is 0 Å². The van der Waals surface area contributed by atoms with Crippen LogP contribution in [0.5, 0.6) is 0 Å². The molecule has 0 saturated heterocycles. The molecule has 0 spiro atoms. The number of benzene rings is 2. The van der Waals surface area contributed by atoms with E-state index < -0.39 is 6.04 Å². The van der Waals surface area contributed by atoms with Gasteiger partial charge < -0.3 is 10.6 Å². The molecule has 7 heteroatoms. The van der Waals surface area contributed by atoms with E-state index >= 15 is 0 Å². The van der Waals surface area contributed by atoms with Gasteiger partial charge in [-0.1, -0.05) is 47.5 Å². The van der Waals surface area contributed by atoms with Gasteiger partial charge in [0.2, 0.25) is 11.8 Å². The number of nitrogens with zero attached hydrogens (tertiary/aromatic N) is 2. The topological polar surface area (TPSA) is 76.0 Å². The molecule has 2 heterocycles. The monoisotopic (exact) mass is 394 g/mol. The Morgan fingerprint density at radius 1 is 1.21 bits per heavy atom. The van der Waals surface area contributed by atoms with Crippen LogP contribution in [0.1, 0.15) is 23.6 Å². The minimum Gasteiger partial charge on any atom is -0.324 e. The van der Waals surface area contributed by atoms with E-state index in [0.29, 0.717) is 16.5 Å². The van der Waals surface area contributed by atoms with E-state index in [1.807, 2.05) is 38.1 Å². The maximum Gasteiger partial charge on any atom is 0.249 e. The number of fused-ring (bicyclic) bond motifs is 1. The predicted molar refractivity (Wildman–Crippen MR) is 110 cm³/mol. The van der Waals surface area contributed by atoms with E-state index in [0.717, 1.165) is 22.4 Å². The van der Waals surface area contributed by atoms with Gasteiger partial charge in [0.15, 0.2) is 0 Å². The fraction of sp³-hybridized carbons (Fsp3) is 0.190. The fourth-order valence-electron chi connectivity index (χ4n) is 3.32. The Bertz CT molecular complexity index is 1070. The van der Waals surface area contributed by atoms with Crippen LogP contribution >= 0.6 is 11.6 Å². The maximum absolute atomic E-state index is 12.9. The number of carbonyl (C=O) groups excluding carboxylic acids is 2. The number of halogens is 1. The zero-order valence-electron chi connectivity index (χ0n) is 15.5. The summed E-state index contributed by atoms with van der Waals surface area (Å²) in [7, 11) is 0. The lowest BCUT2D eigenvalue weighted by molar-refractivity contribution is -0.125. The molecule has 4 rings (SSSR count). The van der Waals surface area contributed by atoms with Crippen LogP contribution in [-0.4, -0.2) is 21.6 Å². The van der Waals surface area contributed by atoms with Crippen LogP contribution in [-0.2, 0) is 9.59 Å². The Hall–Kier alpha value is -3.12. The first-order valence-corrected chi connectivity index (χ1v) is 9.32. The summed E-state index contributed by atoms with van der Waals surface area (Å²) < 4.78 is 1.60. The number of amides is 2. The molecule has 142 valence electrons. The van der Waals surface area contributed by atoms with E-state index in [1.54, 1.807) is 28.9 Å². The normalized spacial score (nSPS) is 15.7. The molecule has 0 fully saturated rings. The van der Waals surface area contributed by atoms with E-state index in [1.165, 1.54) is 0 Å². The third-order valence-electron chi connectivity index (χ3n) is 4.80. The molecule has 1 atom stereocenters. The summed E-state index contributed by atoms with van der Waals surface area (Å²) in [4.78, 5) is 25.1. The van der Waals surface area contributed by atoms with Gasteiger partial charge >= 0.3 is 0 Å². The maximum atomic E-state index is 12.9. The second kappa shape index (κ2) is 7.13. The van der Waals surface area contributed by atoms with Gasteiger partial charge in [0.05, 0.1) is 12.1 Å². The van der Waals surface area contributed by atoms with Crippen LogP contribution in [0.15, 0.2) is 48.5 Å². The molecule has 2 N–H and O–H groups in total. The standard InChI is InChI=1S/C21H19ClN4O2/c1-12-6-8-14(9-7-12)19-13(2)20-24-18(27)11-17(26(20)25-19)21(28)23-16-5-3-4-15(22)10-16/h3-10,17H,11H2,1-2H3,(H,23,28)(H,24,27). The molecule has 6 nitrogen and oxygen atoms in total. The number of rotatable bonds is 3. The molecule has 0 aliphatic carbocycles. The van der Waals surface area contributed by atoms with Gasteiger partial charge in [0.25, 0.3) is 0 Å². The van der Waals surface area contributed by atoms with Crippen molar-refractivity contribution in [2.45, 2.75) is 26.3 Å². The lowest BCUT2D eigenvalue weighted by Gasteiger charge is -2.24. The highest BCUT2D eigenvalue weighted by molar-refractivity contribution is 6.30. The summed E-state index contributed by atoms with van der Waals surface area (Å²) in [5.74, 6) is 0.0339. The van der Waals surface area contributed by atoms with Crippen LogP contribution in [0.3, 0.4) is 0 Å². The number of nitrogens with one attached hydrogen (secondary N) is 2. The highest BCUT2D eigenvalue weighted by Gasteiger charge is 2.34. The predicted octanol–water partition coefficient (Wildman–Crippen LogP) is 4.34. The molecule has 0 saturated carbocycles. The molecule has 1 aliphatic heterocycles. The molecule has 2 amide bonds. The summed E-state index contributed by atoms with van der Waals surface area (Å²) in [5, 5.41) is 10.9. The van der Waals surface area contributed by atoms with E-state index in [4.69, 9.17) is 11.6 Å². The third kappa shape index (κ3) is 3.39. The molecule has 28 heavy (non-hydrogen) atoms. The van der Waals surface area contributed by atoms with E-state index in [2.05, 4.69) is 15.7 Å². The van der Waals surface area contributed by atoms with E-state index in [9.17, 15) is 9.59 Å². The van der Waals surface area contributed by atoms with E-state index in [-0.39, 0.29) is 18.2 Å². The van der Waals surface area contributed by atoms with Crippen LogP contribution in [0.2, 0.25) is 5.02 Å². The van der Waals surface area contributed by atoms with Gasteiger partial charge in [-0.25, -0.2) is 4.68 Å². The van der Waals surface area contributed by atoms with Crippen LogP contribution in [0.25, 0.3) is 11.3 Å². The molecular formula is C21H19ClN4O2. The number of carbonyl (C=O) groups is 2. The summed E-state index contributed by atoms with van der Waals surface area (Å²) in [6, 6.07) is 14.2. The molecule has 2 aromatic carbocycles. The lowest BCUT2D eigenvalue weighted by atomic mass is 10.1. The Kier molecular flexibility index (Phi) is 4.65. The van der Waals surface area contributed by atoms with Crippen molar-refractivity contribution in [2.75, 3.05) is 10.6 Å². The summed E-state index contributed by atoms with van der Waals surface area (Å²) in [6.07, 6.45) is 0.0217. The molecule has 0 radical (unpaired) electrons. The number of hydrogen-bond donors (Lipinski definition) is 2. The number of anilines is 2. The Morgan fingerprint density at radius 3 is 2.68 bits per heavy atom. The van der Waals surface area contributed by atoms with Crippen molar-refractivity contribution in [3.8, 4) is 11.3 Å². The Labute approximate surface area is 167 Å². The Balaban J connectivity index is 1.70. The van der Waals surface area contributed by atoms with Crippen molar-refractivity contribution < 1.29 is 9.59 Å². The average Bonchev–Trinajstić information content (AvgIpc) is 2.98. The highest BCUT2D eigenvalue weighted by Crippen LogP contribution is 2.34. The SMILES string of the molecule is Cc1ccc(-c2nn3c(c2C)NC(=O)CC3C(=O)Nc2cccc(Cl)c2)cc1. The van der Waals surface area contributed by atoms with Crippen molar-refractivity contribution in [1.82, 2.24) is 9.78 Å². The minimum atomic E-state index is -0.736. The van der Waals surface area contributed by atoms with Crippen LogP contribution < -0.4 is 10.6 Å². The zero-order valence-corrected chi connectivity index (χ0v) is 16.2. The largest absolute Gasteiger partial charge is 0.324 e. The molecule has 0 bridgehead atoms. The first-order valence-electron chi connectivity index (χ1n) is 8.95. The average molecular weight is 395 g/mol. The highest BCUT2D eigenvalue weighted by atomic mass is 35.5. The molecule has 1 aromatic heterocycles. The molecular weight excluding hydrogens is 376 g/mol. The van der Waals surface area contributed by atoms with Crippen molar-refractivity contribution in [3.05, 3.63) is 64.7 Å². The lowest BCUT2D eigenvalue weighted by Crippen LogP contribution is -2.35. The first-order chi connectivity index (χ1) is 13.4. The Morgan fingerprint density at radius 2 is 1.96 bits per heavy atom. The van der Waals surface area contributed by atoms with Crippen LogP contribution in [0, 0.1) is 13.8 Å². The minimum absolute atomic E-state index is 0.0217. The van der Waals surface area contributed by atoms with Gasteiger partial charge in [-0.05, 0) is 32.0 Å². The molecule has 1 unspecified atom stereocenters. The molecule has 1 aliphatic rings. The fourth-order valence-corrected chi connectivity index (χ4v) is 3.51. The van der Waals surface area contributed by atoms with Crippen LogP contribution in [0.4, 0.5) is 11.5 Å². The second-order valence-electron chi connectivity index (χ2n) is 6.90.